The molecule has 1 heterocycles. The minimum absolute atomic E-state index is 0.0478. The van der Waals surface area contributed by atoms with Gasteiger partial charge in [-0.2, -0.15) is 4.39 Å². The number of benzene rings is 2. The first kappa shape index (κ1) is 16.7. The third-order valence-corrected chi connectivity index (χ3v) is 4.80. The summed E-state index contributed by atoms with van der Waals surface area (Å²) in [5.41, 5.74) is -1.20. The molecule has 0 saturated heterocycles. The van der Waals surface area contributed by atoms with Crippen LogP contribution in [0.15, 0.2) is 53.6 Å². The van der Waals surface area contributed by atoms with Crippen LogP contribution in [0.25, 0.3) is 10.9 Å². The van der Waals surface area contributed by atoms with E-state index in [1.54, 1.807) is 0 Å². The first-order chi connectivity index (χ1) is 11.8. The van der Waals surface area contributed by atoms with E-state index >= 15 is 0 Å². The highest BCUT2D eigenvalue weighted by Gasteiger charge is 2.21. The fourth-order valence-electron chi connectivity index (χ4n) is 2.27. The summed E-state index contributed by atoms with van der Waals surface area (Å²) in [6.07, 6.45) is 1.32. The summed E-state index contributed by atoms with van der Waals surface area (Å²) >= 11 is 0. The van der Waals surface area contributed by atoms with Gasteiger partial charge in [-0.15, -0.1) is 0 Å². The molecule has 0 atom stereocenters. The van der Waals surface area contributed by atoms with Gasteiger partial charge in [0.25, 0.3) is 10.0 Å². The molecule has 0 spiro atoms. The highest BCUT2D eigenvalue weighted by atomic mass is 32.2. The monoisotopic (exact) mass is 365 g/mol. The van der Waals surface area contributed by atoms with E-state index in [2.05, 4.69) is 9.71 Å². The number of pyridine rings is 1. The lowest BCUT2D eigenvalue weighted by Crippen LogP contribution is -2.14. The van der Waals surface area contributed by atoms with Gasteiger partial charge in [0.2, 0.25) is 5.82 Å². The molecule has 0 unspecified atom stereocenters. The number of sulfonamides is 1. The fraction of sp³-hybridized carbons (Fsp3) is 0. The van der Waals surface area contributed by atoms with Gasteiger partial charge < -0.3 is 0 Å². The number of nitrogens with zero attached hydrogens (tertiary/aromatic N) is 2. The number of nitro benzene ring substituents is 1. The van der Waals surface area contributed by atoms with Gasteiger partial charge in [0.1, 0.15) is 11.3 Å². The number of anilines is 1. The Balaban J connectivity index is 2.08. The Morgan fingerprint density at radius 3 is 2.52 bits per heavy atom. The van der Waals surface area contributed by atoms with E-state index in [0.29, 0.717) is 0 Å². The van der Waals surface area contributed by atoms with Crippen LogP contribution < -0.4 is 4.72 Å². The van der Waals surface area contributed by atoms with Crippen molar-refractivity contribution in [3.8, 4) is 0 Å². The van der Waals surface area contributed by atoms with E-state index in [-0.39, 0.29) is 21.5 Å². The van der Waals surface area contributed by atoms with Crippen LogP contribution in [0.5, 0.6) is 0 Å². The van der Waals surface area contributed by atoms with Gasteiger partial charge in [-0.25, -0.2) is 12.8 Å². The molecule has 2 aromatic carbocycles. The predicted molar refractivity (Wildman–Crippen MR) is 85.6 cm³/mol. The number of rotatable bonds is 4. The Morgan fingerprint density at radius 2 is 1.80 bits per heavy atom. The minimum Gasteiger partial charge on any atom is -0.279 e. The lowest BCUT2D eigenvalue weighted by molar-refractivity contribution is -0.387. The van der Waals surface area contributed by atoms with Crippen molar-refractivity contribution in [3.05, 3.63) is 70.4 Å². The molecule has 10 heteroatoms. The SMILES string of the molecule is O=[N+]([O-])c1cc(NS(=O)(=O)c2ccc(F)c3ncccc23)ccc1F. The predicted octanol–water partition coefficient (Wildman–Crippen LogP) is 3.22. The molecule has 0 saturated carbocycles. The molecular weight excluding hydrogens is 356 g/mol. The van der Waals surface area contributed by atoms with Gasteiger partial charge in [0.15, 0.2) is 0 Å². The van der Waals surface area contributed by atoms with Gasteiger partial charge in [-0.05, 0) is 36.4 Å². The molecule has 25 heavy (non-hydrogen) atoms. The van der Waals surface area contributed by atoms with Crippen molar-refractivity contribution in [1.82, 2.24) is 4.98 Å². The molecule has 0 aliphatic rings. The number of nitro groups is 1. The second-order valence-corrected chi connectivity index (χ2v) is 6.62. The van der Waals surface area contributed by atoms with Gasteiger partial charge in [-0.3, -0.25) is 19.8 Å². The van der Waals surface area contributed by atoms with Gasteiger partial charge in [-0.1, -0.05) is 0 Å². The van der Waals surface area contributed by atoms with Crippen LogP contribution in [0.2, 0.25) is 0 Å². The Morgan fingerprint density at radius 1 is 1.08 bits per heavy atom. The summed E-state index contributed by atoms with van der Waals surface area (Å²) < 4.78 is 54.4. The molecule has 0 radical (unpaired) electrons. The summed E-state index contributed by atoms with van der Waals surface area (Å²) in [6.45, 7) is 0. The van der Waals surface area contributed by atoms with Crippen LogP contribution in [0.3, 0.4) is 0 Å². The van der Waals surface area contributed by atoms with Crippen LogP contribution in [0, 0.1) is 21.7 Å². The summed E-state index contributed by atoms with van der Waals surface area (Å²) in [7, 11) is -4.21. The van der Waals surface area contributed by atoms with Gasteiger partial charge in [0.05, 0.1) is 15.5 Å². The first-order valence-electron chi connectivity index (χ1n) is 6.79. The number of halogens is 2. The van der Waals surface area contributed by atoms with E-state index in [0.717, 1.165) is 30.3 Å². The highest BCUT2D eigenvalue weighted by molar-refractivity contribution is 7.93. The van der Waals surface area contributed by atoms with Crippen LogP contribution in [-0.2, 0) is 10.0 Å². The number of hydrogen-bond donors (Lipinski definition) is 1. The maximum atomic E-state index is 13.8. The fourth-order valence-corrected chi connectivity index (χ4v) is 3.52. The zero-order valence-corrected chi connectivity index (χ0v) is 13.1. The van der Waals surface area contributed by atoms with Crippen molar-refractivity contribution < 1.29 is 22.1 Å². The smallest absolute Gasteiger partial charge is 0.279 e. The van der Waals surface area contributed by atoms with Crippen LogP contribution in [0.4, 0.5) is 20.2 Å². The number of nitrogens with one attached hydrogen (secondary N) is 1. The Kier molecular flexibility index (Phi) is 4.05. The lowest BCUT2D eigenvalue weighted by Gasteiger charge is -2.10. The molecule has 1 aromatic heterocycles. The normalized spacial score (nSPS) is 11.4. The van der Waals surface area contributed by atoms with Crippen molar-refractivity contribution in [1.29, 1.82) is 0 Å². The van der Waals surface area contributed by atoms with Crippen LogP contribution in [0.1, 0.15) is 0 Å². The molecule has 0 aliphatic carbocycles. The largest absolute Gasteiger partial charge is 0.306 e. The van der Waals surface area contributed by atoms with E-state index in [1.165, 1.54) is 18.3 Å². The lowest BCUT2D eigenvalue weighted by atomic mass is 10.2. The van der Waals surface area contributed by atoms with Gasteiger partial charge in [0, 0.05) is 17.6 Å². The minimum atomic E-state index is -4.21. The molecule has 3 aromatic rings. The molecule has 0 fully saturated rings. The van der Waals surface area contributed by atoms with E-state index < -0.39 is 32.3 Å². The summed E-state index contributed by atoms with van der Waals surface area (Å²) in [5, 5.41) is 10.8. The Hall–Kier alpha value is -3.14. The summed E-state index contributed by atoms with van der Waals surface area (Å²) in [6, 6.07) is 7.42. The van der Waals surface area contributed by atoms with Crippen molar-refractivity contribution >= 4 is 32.3 Å². The Bertz CT molecular complexity index is 1100. The average Bonchev–Trinajstić information content (AvgIpc) is 2.56. The molecule has 3 rings (SSSR count). The van der Waals surface area contributed by atoms with Crippen molar-refractivity contribution in [3.63, 3.8) is 0 Å². The Labute approximate surface area is 140 Å². The molecule has 7 nitrogen and oxygen atoms in total. The zero-order chi connectivity index (χ0) is 18.2. The second kappa shape index (κ2) is 6.06. The third kappa shape index (κ3) is 3.11. The van der Waals surface area contributed by atoms with Crippen LogP contribution >= 0.6 is 0 Å². The molecule has 0 amide bonds. The zero-order valence-electron chi connectivity index (χ0n) is 12.3. The number of hydrogen-bond acceptors (Lipinski definition) is 5. The van der Waals surface area contributed by atoms with E-state index in [9.17, 15) is 27.3 Å². The maximum absolute atomic E-state index is 13.8. The van der Waals surface area contributed by atoms with Crippen molar-refractivity contribution in [2.24, 2.45) is 0 Å². The van der Waals surface area contributed by atoms with E-state index in [4.69, 9.17) is 0 Å². The maximum Gasteiger partial charge on any atom is 0.306 e. The third-order valence-electron chi connectivity index (χ3n) is 3.36. The quantitative estimate of drug-likeness (QED) is 0.565. The molecule has 1 N–H and O–H groups in total. The van der Waals surface area contributed by atoms with Crippen molar-refractivity contribution in [2.75, 3.05) is 4.72 Å². The molecular formula is C15H9F2N3O4S. The topological polar surface area (TPSA) is 102 Å². The van der Waals surface area contributed by atoms with E-state index in [1.807, 2.05) is 0 Å². The average molecular weight is 365 g/mol. The second-order valence-electron chi connectivity index (χ2n) is 4.97. The standard InChI is InChI=1S/C15H9F2N3O4S/c16-11-4-3-9(8-13(11)20(21)22)19-25(23,24)14-6-5-12(17)15-10(14)2-1-7-18-15/h1-8,19H. The van der Waals surface area contributed by atoms with Gasteiger partial charge >= 0.3 is 5.69 Å². The number of fused-ring (bicyclic) bond motifs is 1. The molecule has 0 aliphatic heterocycles. The highest BCUT2D eigenvalue weighted by Crippen LogP contribution is 2.27. The molecule has 128 valence electrons. The first-order valence-corrected chi connectivity index (χ1v) is 8.28. The molecule has 0 bridgehead atoms. The number of aromatic nitrogens is 1. The summed E-state index contributed by atoms with van der Waals surface area (Å²) in [4.78, 5) is 13.3. The van der Waals surface area contributed by atoms with Crippen molar-refractivity contribution in [2.45, 2.75) is 4.90 Å². The summed E-state index contributed by atoms with van der Waals surface area (Å²) in [5.74, 6) is -1.78. The van der Waals surface area contributed by atoms with Crippen LogP contribution in [-0.4, -0.2) is 18.3 Å².